The monoisotopic (exact) mass is 403 g/mol. The van der Waals surface area contributed by atoms with Crippen LogP contribution in [0.2, 0.25) is 0 Å². The Hall–Kier alpha value is -1.69. The molecule has 1 N–H and O–H groups in total. The molecule has 0 aliphatic heterocycles. The maximum atomic E-state index is 13.0. The van der Waals surface area contributed by atoms with E-state index in [9.17, 15) is 14.4 Å². The quantitative estimate of drug-likeness (QED) is 0.702. The first-order valence-electron chi connectivity index (χ1n) is 10.4. The molecule has 5 nitrogen and oxygen atoms in total. The standard InChI is InChI=1S/C22H29NO4S/c1-13(2)19(23-20(25)17-4-3-5-28-17)21(26)27-12-18(24)22-9-14-6-15(10-22)8-16(7-14)11-22/h3-5,13-16,19H,6-12H2,1-2H3,(H,23,25)/t14?,15?,16?,19-,22?/m0/s1. The molecule has 0 spiro atoms. The number of amides is 1. The molecule has 0 aromatic carbocycles. The molecule has 0 radical (unpaired) electrons. The Morgan fingerprint density at radius 2 is 1.75 bits per heavy atom. The van der Waals surface area contributed by atoms with E-state index in [0.717, 1.165) is 19.3 Å². The third kappa shape index (κ3) is 3.76. The molecule has 5 rings (SSSR count). The first kappa shape index (κ1) is 19.6. The smallest absolute Gasteiger partial charge is 0.329 e. The molecule has 4 fully saturated rings. The van der Waals surface area contributed by atoms with Crippen LogP contribution in [-0.2, 0) is 14.3 Å². The molecule has 1 aromatic rings. The maximum absolute atomic E-state index is 13.0. The molecule has 6 heteroatoms. The van der Waals surface area contributed by atoms with Gasteiger partial charge in [0.25, 0.3) is 5.91 Å². The number of Topliss-reactive ketones (excluding diaryl/α,β-unsaturated/α-hetero) is 1. The zero-order valence-electron chi connectivity index (χ0n) is 16.6. The lowest BCUT2D eigenvalue weighted by atomic mass is 9.48. The summed E-state index contributed by atoms with van der Waals surface area (Å²) in [7, 11) is 0. The van der Waals surface area contributed by atoms with Crippen molar-refractivity contribution in [2.75, 3.05) is 6.61 Å². The highest BCUT2D eigenvalue weighted by atomic mass is 32.1. The van der Waals surface area contributed by atoms with Gasteiger partial charge in [0.15, 0.2) is 12.4 Å². The number of thiophene rings is 1. The molecule has 1 amide bonds. The lowest BCUT2D eigenvalue weighted by Gasteiger charge is -2.55. The molecule has 1 heterocycles. The number of rotatable bonds is 7. The van der Waals surface area contributed by atoms with E-state index < -0.39 is 12.0 Å². The Morgan fingerprint density at radius 3 is 2.25 bits per heavy atom. The van der Waals surface area contributed by atoms with Crippen molar-refractivity contribution in [3.63, 3.8) is 0 Å². The Kier molecular flexibility index (Phi) is 5.34. The molecule has 4 aliphatic carbocycles. The predicted octanol–water partition coefficient (Wildman–Crippen LogP) is 3.83. The van der Waals surface area contributed by atoms with E-state index in [2.05, 4.69) is 5.32 Å². The Bertz CT molecular complexity index is 719. The fourth-order valence-corrected chi connectivity index (χ4v) is 6.58. The van der Waals surface area contributed by atoms with Crippen molar-refractivity contribution in [1.29, 1.82) is 0 Å². The molecular formula is C22H29NO4S. The zero-order chi connectivity index (χ0) is 19.9. The minimum Gasteiger partial charge on any atom is -0.456 e. The highest BCUT2D eigenvalue weighted by molar-refractivity contribution is 7.12. The van der Waals surface area contributed by atoms with Crippen molar-refractivity contribution in [3.8, 4) is 0 Å². The van der Waals surface area contributed by atoms with Crippen LogP contribution < -0.4 is 5.32 Å². The maximum Gasteiger partial charge on any atom is 0.329 e. The van der Waals surface area contributed by atoms with Crippen molar-refractivity contribution in [2.45, 2.75) is 58.4 Å². The molecule has 4 aliphatic rings. The van der Waals surface area contributed by atoms with Crippen LogP contribution in [-0.4, -0.2) is 30.3 Å². The summed E-state index contributed by atoms with van der Waals surface area (Å²) in [6, 6.07) is 2.77. The first-order chi connectivity index (χ1) is 13.4. The van der Waals surface area contributed by atoms with Crippen molar-refractivity contribution in [2.24, 2.45) is 29.1 Å². The van der Waals surface area contributed by atoms with Crippen LogP contribution in [0.3, 0.4) is 0 Å². The number of ketones is 1. The third-order valence-electron chi connectivity index (χ3n) is 6.93. The summed E-state index contributed by atoms with van der Waals surface area (Å²) in [5, 5.41) is 4.58. The summed E-state index contributed by atoms with van der Waals surface area (Å²) in [5.74, 6) is 1.22. The van der Waals surface area contributed by atoms with Crippen LogP contribution in [0.5, 0.6) is 0 Å². The van der Waals surface area contributed by atoms with Gasteiger partial charge in [-0.15, -0.1) is 11.3 Å². The van der Waals surface area contributed by atoms with Gasteiger partial charge in [-0.2, -0.15) is 0 Å². The largest absolute Gasteiger partial charge is 0.456 e. The normalized spacial score (nSPS) is 31.6. The number of ether oxygens (including phenoxy) is 1. The van der Waals surface area contributed by atoms with E-state index >= 15 is 0 Å². The van der Waals surface area contributed by atoms with Crippen LogP contribution >= 0.6 is 11.3 Å². The number of hydrogen-bond donors (Lipinski definition) is 1. The second-order valence-corrected chi connectivity index (χ2v) is 10.3. The lowest BCUT2D eigenvalue weighted by Crippen LogP contribution is -2.51. The second-order valence-electron chi connectivity index (χ2n) is 9.40. The van der Waals surface area contributed by atoms with Gasteiger partial charge in [0.05, 0.1) is 4.88 Å². The van der Waals surface area contributed by atoms with Crippen molar-refractivity contribution < 1.29 is 19.1 Å². The van der Waals surface area contributed by atoms with Crippen LogP contribution in [0.15, 0.2) is 17.5 Å². The van der Waals surface area contributed by atoms with E-state index in [-0.39, 0.29) is 29.6 Å². The molecule has 28 heavy (non-hydrogen) atoms. The van der Waals surface area contributed by atoms with Gasteiger partial charge in [-0.1, -0.05) is 19.9 Å². The second kappa shape index (κ2) is 7.62. The van der Waals surface area contributed by atoms with Gasteiger partial charge in [-0.25, -0.2) is 4.79 Å². The lowest BCUT2D eigenvalue weighted by molar-refractivity contribution is -0.159. The van der Waals surface area contributed by atoms with Gasteiger partial charge >= 0.3 is 5.97 Å². The van der Waals surface area contributed by atoms with Crippen LogP contribution in [0.4, 0.5) is 0 Å². The number of hydrogen-bond acceptors (Lipinski definition) is 5. The van der Waals surface area contributed by atoms with E-state index in [0.29, 0.717) is 22.6 Å². The van der Waals surface area contributed by atoms with Crippen molar-refractivity contribution in [1.82, 2.24) is 5.32 Å². The zero-order valence-corrected chi connectivity index (χ0v) is 17.4. The fraction of sp³-hybridized carbons (Fsp3) is 0.682. The molecule has 4 bridgehead atoms. The number of carbonyl (C=O) groups is 3. The van der Waals surface area contributed by atoms with Crippen LogP contribution in [0.1, 0.15) is 62.0 Å². The SMILES string of the molecule is CC(C)[C@H](NC(=O)c1cccs1)C(=O)OCC(=O)C12CC3CC(CC(C3)C1)C2. The number of carbonyl (C=O) groups excluding carboxylic acids is 3. The summed E-state index contributed by atoms with van der Waals surface area (Å²) in [6.45, 7) is 3.56. The van der Waals surface area contributed by atoms with E-state index in [1.807, 2.05) is 19.2 Å². The average molecular weight is 404 g/mol. The number of esters is 1. The number of nitrogens with one attached hydrogen (secondary N) is 1. The topological polar surface area (TPSA) is 72.5 Å². The summed E-state index contributed by atoms with van der Waals surface area (Å²) in [5.41, 5.74) is -0.261. The van der Waals surface area contributed by atoms with Gasteiger partial charge in [0, 0.05) is 5.41 Å². The highest BCUT2D eigenvalue weighted by Gasteiger charge is 2.54. The summed E-state index contributed by atoms with van der Waals surface area (Å²) < 4.78 is 5.44. The molecule has 0 unspecified atom stereocenters. The van der Waals surface area contributed by atoms with Gasteiger partial charge in [-0.3, -0.25) is 9.59 Å². The molecule has 0 saturated heterocycles. The average Bonchev–Trinajstić information content (AvgIpc) is 3.17. The molecular weight excluding hydrogens is 374 g/mol. The van der Waals surface area contributed by atoms with Crippen LogP contribution in [0.25, 0.3) is 0 Å². The van der Waals surface area contributed by atoms with E-state index in [1.165, 1.54) is 30.6 Å². The predicted molar refractivity (Wildman–Crippen MR) is 107 cm³/mol. The summed E-state index contributed by atoms with van der Waals surface area (Å²) in [6.07, 6.45) is 6.73. The Labute approximate surface area is 170 Å². The van der Waals surface area contributed by atoms with Crippen molar-refractivity contribution >= 4 is 29.0 Å². The Morgan fingerprint density at radius 1 is 1.14 bits per heavy atom. The molecule has 1 atom stereocenters. The molecule has 1 aromatic heterocycles. The fourth-order valence-electron chi connectivity index (χ4n) is 5.95. The van der Waals surface area contributed by atoms with Gasteiger partial charge in [-0.05, 0) is 73.6 Å². The van der Waals surface area contributed by atoms with Gasteiger partial charge in [0.1, 0.15) is 6.04 Å². The highest BCUT2D eigenvalue weighted by Crippen LogP contribution is 2.60. The first-order valence-corrected chi connectivity index (χ1v) is 11.3. The molecule has 152 valence electrons. The summed E-state index contributed by atoms with van der Waals surface area (Å²) >= 11 is 1.33. The minimum absolute atomic E-state index is 0.0899. The van der Waals surface area contributed by atoms with E-state index in [1.54, 1.807) is 12.1 Å². The molecule has 4 saturated carbocycles. The summed E-state index contributed by atoms with van der Waals surface area (Å²) in [4.78, 5) is 38.6. The van der Waals surface area contributed by atoms with E-state index in [4.69, 9.17) is 4.74 Å². The van der Waals surface area contributed by atoms with Gasteiger partial charge in [0.2, 0.25) is 0 Å². The van der Waals surface area contributed by atoms with Crippen molar-refractivity contribution in [3.05, 3.63) is 22.4 Å². The van der Waals surface area contributed by atoms with Crippen LogP contribution in [0, 0.1) is 29.1 Å². The Balaban J connectivity index is 1.36. The third-order valence-corrected chi connectivity index (χ3v) is 7.80. The van der Waals surface area contributed by atoms with Gasteiger partial charge < -0.3 is 10.1 Å². The minimum atomic E-state index is -0.751.